The zero-order valence-electron chi connectivity index (χ0n) is 11.6. The number of esters is 1. The first-order valence-corrected chi connectivity index (χ1v) is 6.34. The second-order valence-corrected chi connectivity index (χ2v) is 4.44. The fourth-order valence-electron chi connectivity index (χ4n) is 2.37. The number of carboxylic acid groups (broad SMARTS) is 1. The van der Waals surface area contributed by atoms with Gasteiger partial charge in [0.25, 0.3) is 0 Å². The van der Waals surface area contributed by atoms with Crippen molar-refractivity contribution in [2.75, 3.05) is 6.61 Å². The first kappa shape index (κ1) is 14.0. The Morgan fingerprint density at radius 2 is 2.20 bits per heavy atom. The number of aromatic carboxylic acids is 1. The molecule has 0 spiro atoms. The summed E-state index contributed by atoms with van der Waals surface area (Å²) in [6, 6.07) is 2.74. The van der Waals surface area contributed by atoms with E-state index in [4.69, 9.17) is 4.74 Å². The standard InChI is InChI=1S/C14H16N2O4/c1-4-20-14(19)9(3)16-8(2)11(13(17)18)10-6-5-7-15-12(10)16/h5-7,9H,4H2,1-3H3,(H,17,18). The molecule has 0 aromatic carbocycles. The maximum Gasteiger partial charge on any atom is 0.338 e. The average molecular weight is 276 g/mol. The third-order valence-corrected chi connectivity index (χ3v) is 3.24. The number of hydrogen-bond acceptors (Lipinski definition) is 4. The maximum absolute atomic E-state index is 11.9. The van der Waals surface area contributed by atoms with Gasteiger partial charge >= 0.3 is 11.9 Å². The summed E-state index contributed by atoms with van der Waals surface area (Å²) in [5.41, 5.74) is 1.14. The van der Waals surface area contributed by atoms with Crippen molar-refractivity contribution in [1.29, 1.82) is 0 Å². The number of carbonyl (C=O) groups excluding carboxylic acids is 1. The number of aromatic nitrogens is 2. The number of hydrogen-bond donors (Lipinski definition) is 1. The quantitative estimate of drug-likeness (QED) is 0.865. The Balaban J connectivity index is 2.67. The Labute approximate surface area is 116 Å². The van der Waals surface area contributed by atoms with Crippen LogP contribution in [-0.4, -0.2) is 33.2 Å². The summed E-state index contributed by atoms with van der Waals surface area (Å²) >= 11 is 0. The zero-order chi connectivity index (χ0) is 14.9. The second-order valence-electron chi connectivity index (χ2n) is 4.44. The number of carboxylic acids is 1. The van der Waals surface area contributed by atoms with Crippen molar-refractivity contribution in [3.63, 3.8) is 0 Å². The summed E-state index contributed by atoms with van der Waals surface area (Å²) in [4.78, 5) is 27.5. The van der Waals surface area contributed by atoms with E-state index in [0.29, 0.717) is 16.7 Å². The third-order valence-electron chi connectivity index (χ3n) is 3.24. The van der Waals surface area contributed by atoms with E-state index >= 15 is 0 Å². The molecule has 0 bridgehead atoms. The molecule has 0 amide bonds. The molecule has 0 radical (unpaired) electrons. The summed E-state index contributed by atoms with van der Waals surface area (Å²) in [5, 5.41) is 9.87. The highest BCUT2D eigenvalue weighted by molar-refractivity contribution is 6.04. The molecule has 2 rings (SSSR count). The normalized spacial score (nSPS) is 12.3. The molecule has 20 heavy (non-hydrogen) atoms. The molecule has 0 aliphatic rings. The predicted octanol–water partition coefficient (Wildman–Crippen LogP) is 2.17. The minimum atomic E-state index is -1.03. The molecule has 106 valence electrons. The molecular formula is C14H16N2O4. The molecule has 2 heterocycles. The largest absolute Gasteiger partial charge is 0.478 e. The van der Waals surface area contributed by atoms with Gasteiger partial charge in [-0.15, -0.1) is 0 Å². The molecule has 2 aromatic heterocycles. The number of nitrogens with zero attached hydrogens (tertiary/aromatic N) is 2. The second kappa shape index (κ2) is 5.32. The summed E-state index contributed by atoms with van der Waals surface area (Å²) in [5.74, 6) is -1.44. The summed E-state index contributed by atoms with van der Waals surface area (Å²) in [7, 11) is 0. The first-order chi connectivity index (χ1) is 9.49. The summed E-state index contributed by atoms with van der Waals surface area (Å²) in [6.45, 7) is 5.35. The Kier molecular flexibility index (Phi) is 3.74. The van der Waals surface area contributed by atoms with Crippen LogP contribution < -0.4 is 0 Å². The lowest BCUT2D eigenvalue weighted by molar-refractivity contribution is -0.146. The van der Waals surface area contributed by atoms with Crippen LogP contribution in [0.4, 0.5) is 0 Å². The first-order valence-electron chi connectivity index (χ1n) is 6.34. The fourth-order valence-corrected chi connectivity index (χ4v) is 2.37. The minimum absolute atomic E-state index is 0.171. The van der Waals surface area contributed by atoms with E-state index in [1.54, 1.807) is 43.7 Å². The highest BCUT2D eigenvalue weighted by Crippen LogP contribution is 2.28. The van der Waals surface area contributed by atoms with Gasteiger partial charge in [-0.3, -0.25) is 0 Å². The van der Waals surface area contributed by atoms with Crippen LogP contribution in [0.5, 0.6) is 0 Å². The molecule has 0 fully saturated rings. The van der Waals surface area contributed by atoms with Gasteiger partial charge in [0.15, 0.2) is 0 Å². The molecule has 0 saturated carbocycles. The van der Waals surface area contributed by atoms with Crippen molar-refractivity contribution in [2.24, 2.45) is 0 Å². The van der Waals surface area contributed by atoms with Crippen molar-refractivity contribution >= 4 is 23.0 Å². The Bertz CT molecular complexity index is 675. The lowest BCUT2D eigenvalue weighted by atomic mass is 10.2. The predicted molar refractivity (Wildman–Crippen MR) is 72.8 cm³/mol. The van der Waals surface area contributed by atoms with Gasteiger partial charge in [0.05, 0.1) is 12.2 Å². The molecule has 0 saturated heterocycles. The van der Waals surface area contributed by atoms with Crippen LogP contribution in [0.3, 0.4) is 0 Å². The van der Waals surface area contributed by atoms with Crippen molar-refractivity contribution in [3.05, 3.63) is 29.6 Å². The van der Waals surface area contributed by atoms with Gasteiger partial charge in [0.2, 0.25) is 0 Å². The van der Waals surface area contributed by atoms with Gasteiger partial charge in [0.1, 0.15) is 11.7 Å². The number of ether oxygens (including phenoxy) is 1. The third kappa shape index (κ3) is 2.13. The lowest BCUT2D eigenvalue weighted by Gasteiger charge is -2.15. The SMILES string of the molecule is CCOC(=O)C(C)n1c(C)c(C(=O)O)c2cccnc21. The van der Waals surface area contributed by atoms with Gasteiger partial charge in [-0.05, 0) is 32.9 Å². The number of rotatable bonds is 4. The lowest BCUT2D eigenvalue weighted by Crippen LogP contribution is -2.20. The van der Waals surface area contributed by atoms with E-state index in [9.17, 15) is 14.7 Å². The molecule has 1 N–H and O–H groups in total. The van der Waals surface area contributed by atoms with Crippen molar-refractivity contribution < 1.29 is 19.4 Å². The van der Waals surface area contributed by atoms with Crippen LogP contribution in [-0.2, 0) is 9.53 Å². The smallest absolute Gasteiger partial charge is 0.338 e. The Morgan fingerprint density at radius 1 is 1.50 bits per heavy atom. The molecular weight excluding hydrogens is 260 g/mol. The van der Waals surface area contributed by atoms with Crippen LogP contribution in [0.15, 0.2) is 18.3 Å². The van der Waals surface area contributed by atoms with E-state index in [2.05, 4.69) is 4.98 Å². The molecule has 0 aliphatic carbocycles. The minimum Gasteiger partial charge on any atom is -0.478 e. The monoisotopic (exact) mass is 276 g/mol. The maximum atomic E-state index is 11.9. The van der Waals surface area contributed by atoms with Crippen LogP contribution in [0.2, 0.25) is 0 Å². The van der Waals surface area contributed by atoms with Gasteiger partial charge in [-0.1, -0.05) is 0 Å². The molecule has 1 atom stereocenters. The van der Waals surface area contributed by atoms with E-state index in [1.807, 2.05) is 0 Å². The number of pyridine rings is 1. The molecule has 1 unspecified atom stereocenters. The zero-order valence-corrected chi connectivity index (χ0v) is 11.6. The summed E-state index contributed by atoms with van der Waals surface area (Å²) in [6.07, 6.45) is 1.57. The molecule has 2 aromatic rings. The highest BCUT2D eigenvalue weighted by Gasteiger charge is 2.26. The van der Waals surface area contributed by atoms with Crippen molar-refractivity contribution in [2.45, 2.75) is 26.8 Å². The molecule has 0 aliphatic heterocycles. The van der Waals surface area contributed by atoms with E-state index in [-0.39, 0.29) is 12.2 Å². The van der Waals surface area contributed by atoms with Crippen molar-refractivity contribution in [1.82, 2.24) is 9.55 Å². The van der Waals surface area contributed by atoms with E-state index in [0.717, 1.165) is 0 Å². The fraction of sp³-hybridized carbons (Fsp3) is 0.357. The highest BCUT2D eigenvalue weighted by atomic mass is 16.5. The van der Waals surface area contributed by atoms with Crippen LogP contribution in [0.1, 0.15) is 35.9 Å². The average Bonchev–Trinajstić information content (AvgIpc) is 2.70. The van der Waals surface area contributed by atoms with Crippen LogP contribution in [0, 0.1) is 6.92 Å². The van der Waals surface area contributed by atoms with Crippen molar-refractivity contribution in [3.8, 4) is 0 Å². The van der Waals surface area contributed by atoms with Gasteiger partial charge in [-0.2, -0.15) is 0 Å². The number of carbonyl (C=O) groups is 2. The topological polar surface area (TPSA) is 81.4 Å². The number of fused-ring (bicyclic) bond motifs is 1. The van der Waals surface area contributed by atoms with E-state index < -0.39 is 18.0 Å². The van der Waals surface area contributed by atoms with Gasteiger partial charge < -0.3 is 14.4 Å². The van der Waals surface area contributed by atoms with Crippen LogP contribution >= 0.6 is 0 Å². The Hall–Kier alpha value is -2.37. The summed E-state index contributed by atoms with van der Waals surface area (Å²) < 4.78 is 6.60. The van der Waals surface area contributed by atoms with Gasteiger partial charge in [-0.25, -0.2) is 14.6 Å². The van der Waals surface area contributed by atoms with Crippen LogP contribution in [0.25, 0.3) is 11.0 Å². The molecule has 6 nitrogen and oxygen atoms in total. The Morgan fingerprint density at radius 3 is 2.80 bits per heavy atom. The van der Waals surface area contributed by atoms with Gasteiger partial charge in [0, 0.05) is 17.3 Å². The van der Waals surface area contributed by atoms with E-state index in [1.165, 1.54) is 0 Å². The molecule has 6 heteroatoms.